The SMILES string of the molecule is CCCCCCCCCCCCOC(=O)CC1C(=O)NCCN1C(=S)NC(=O)CC1CCCC1. The van der Waals surface area contributed by atoms with E-state index in [9.17, 15) is 14.4 Å². The van der Waals surface area contributed by atoms with E-state index in [-0.39, 0.29) is 23.3 Å². The van der Waals surface area contributed by atoms with Crippen LogP contribution in [0.3, 0.4) is 0 Å². The molecule has 0 aromatic rings. The highest BCUT2D eigenvalue weighted by atomic mass is 32.1. The smallest absolute Gasteiger partial charge is 0.308 e. The third kappa shape index (κ3) is 11.2. The maximum Gasteiger partial charge on any atom is 0.308 e. The summed E-state index contributed by atoms with van der Waals surface area (Å²) in [6.07, 6.45) is 17.1. The zero-order valence-electron chi connectivity index (χ0n) is 21.1. The Morgan fingerprint density at radius 1 is 1.00 bits per heavy atom. The molecule has 1 saturated heterocycles. The molecule has 0 bridgehead atoms. The number of thiocarbonyl (C=S) groups is 1. The molecule has 1 saturated carbocycles. The summed E-state index contributed by atoms with van der Waals surface area (Å²) in [5.74, 6) is -0.341. The summed E-state index contributed by atoms with van der Waals surface area (Å²) in [6, 6.07) is -0.742. The fourth-order valence-corrected chi connectivity index (χ4v) is 5.20. The molecule has 0 aromatic carbocycles. The average molecular weight is 496 g/mol. The van der Waals surface area contributed by atoms with Crippen LogP contribution in [0.1, 0.15) is 110 Å². The van der Waals surface area contributed by atoms with Crippen LogP contribution in [0.25, 0.3) is 0 Å². The molecule has 1 aliphatic heterocycles. The molecule has 0 radical (unpaired) electrons. The van der Waals surface area contributed by atoms with Crippen LogP contribution >= 0.6 is 12.2 Å². The number of carbonyl (C=O) groups excluding carboxylic acids is 3. The van der Waals surface area contributed by atoms with Crippen molar-refractivity contribution in [3.8, 4) is 0 Å². The van der Waals surface area contributed by atoms with Gasteiger partial charge in [0.05, 0.1) is 13.0 Å². The predicted molar refractivity (Wildman–Crippen MR) is 138 cm³/mol. The molecule has 2 amide bonds. The maximum absolute atomic E-state index is 12.4. The Hall–Kier alpha value is -1.70. The highest BCUT2D eigenvalue weighted by Gasteiger charge is 2.34. The summed E-state index contributed by atoms with van der Waals surface area (Å²) in [4.78, 5) is 38.8. The fourth-order valence-electron chi connectivity index (χ4n) is 4.87. The van der Waals surface area contributed by atoms with E-state index in [0.29, 0.717) is 32.0 Å². The Balaban J connectivity index is 1.63. The molecule has 1 aliphatic carbocycles. The van der Waals surface area contributed by atoms with E-state index in [4.69, 9.17) is 17.0 Å². The standard InChI is InChI=1S/C26H45N3O4S/c1-2-3-4-5-6-7-8-9-10-13-18-33-24(31)20-22-25(32)27-16-17-29(22)26(34)28-23(30)19-21-14-11-12-15-21/h21-22H,2-20H2,1H3,(H,27,32)(H,28,30,34). The van der Waals surface area contributed by atoms with Crippen molar-refractivity contribution in [2.45, 2.75) is 116 Å². The monoisotopic (exact) mass is 495 g/mol. The van der Waals surface area contributed by atoms with Gasteiger partial charge in [-0.05, 0) is 37.4 Å². The average Bonchev–Trinajstić information content (AvgIpc) is 3.31. The van der Waals surface area contributed by atoms with Gasteiger partial charge in [-0.25, -0.2) is 0 Å². The maximum atomic E-state index is 12.4. The van der Waals surface area contributed by atoms with Gasteiger partial charge in [-0.3, -0.25) is 14.4 Å². The highest BCUT2D eigenvalue weighted by Crippen LogP contribution is 2.27. The summed E-state index contributed by atoms with van der Waals surface area (Å²) < 4.78 is 5.39. The van der Waals surface area contributed by atoms with Crippen LogP contribution in [0.5, 0.6) is 0 Å². The first-order valence-corrected chi connectivity index (χ1v) is 14.0. The first-order valence-electron chi connectivity index (χ1n) is 13.5. The number of unbranched alkanes of at least 4 members (excludes halogenated alkanes) is 9. The topological polar surface area (TPSA) is 87.7 Å². The molecule has 7 nitrogen and oxygen atoms in total. The zero-order valence-corrected chi connectivity index (χ0v) is 21.9. The molecular formula is C26H45N3O4S. The lowest BCUT2D eigenvalue weighted by molar-refractivity contribution is -0.147. The highest BCUT2D eigenvalue weighted by molar-refractivity contribution is 7.80. The van der Waals surface area contributed by atoms with E-state index in [1.165, 1.54) is 64.2 Å². The minimum absolute atomic E-state index is 0.0672. The minimum atomic E-state index is -0.742. The van der Waals surface area contributed by atoms with Crippen LogP contribution in [-0.4, -0.2) is 53.5 Å². The number of hydrogen-bond acceptors (Lipinski definition) is 5. The molecule has 8 heteroatoms. The summed E-state index contributed by atoms with van der Waals surface area (Å²) in [7, 11) is 0. The summed E-state index contributed by atoms with van der Waals surface area (Å²) in [5, 5.41) is 5.79. The van der Waals surface area contributed by atoms with Crippen molar-refractivity contribution in [2.75, 3.05) is 19.7 Å². The first-order chi connectivity index (χ1) is 16.5. The van der Waals surface area contributed by atoms with E-state index in [0.717, 1.165) is 25.7 Å². The number of esters is 1. The lowest BCUT2D eigenvalue weighted by Gasteiger charge is -2.36. The Morgan fingerprint density at radius 2 is 1.62 bits per heavy atom. The number of hydrogen-bond donors (Lipinski definition) is 2. The van der Waals surface area contributed by atoms with Crippen molar-refractivity contribution in [1.29, 1.82) is 0 Å². The molecule has 1 atom stereocenters. The normalized spacial score (nSPS) is 18.6. The van der Waals surface area contributed by atoms with Crippen molar-refractivity contribution in [1.82, 2.24) is 15.5 Å². The van der Waals surface area contributed by atoms with Crippen LogP contribution in [-0.2, 0) is 19.1 Å². The number of nitrogens with one attached hydrogen (secondary N) is 2. The van der Waals surface area contributed by atoms with Crippen LogP contribution in [0.15, 0.2) is 0 Å². The van der Waals surface area contributed by atoms with Crippen molar-refractivity contribution in [3.63, 3.8) is 0 Å². The van der Waals surface area contributed by atoms with Crippen molar-refractivity contribution in [3.05, 3.63) is 0 Å². The molecular weight excluding hydrogens is 450 g/mol. The van der Waals surface area contributed by atoms with Gasteiger partial charge in [-0.1, -0.05) is 77.6 Å². The number of carbonyl (C=O) groups is 3. The second-order valence-electron chi connectivity index (χ2n) is 9.81. The van der Waals surface area contributed by atoms with Crippen LogP contribution in [0, 0.1) is 5.92 Å². The van der Waals surface area contributed by atoms with Crippen molar-refractivity contribution in [2.24, 2.45) is 5.92 Å². The molecule has 2 N–H and O–H groups in total. The van der Waals surface area contributed by atoms with E-state index in [2.05, 4.69) is 17.6 Å². The van der Waals surface area contributed by atoms with Crippen LogP contribution in [0.4, 0.5) is 0 Å². The van der Waals surface area contributed by atoms with Crippen molar-refractivity contribution >= 4 is 35.1 Å². The lowest BCUT2D eigenvalue weighted by Crippen LogP contribution is -2.60. The summed E-state index contributed by atoms with van der Waals surface area (Å²) in [6.45, 7) is 3.51. The quantitative estimate of drug-likeness (QED) is 0.196. The van der Waals surface area contributed by atoms with Gasteiger partial charge < -0.3 is 20.3 Å². The Kier molecular flexibility index (Phi) is 14.1. The van der Waals surface area contributed by atoms with E-state index >= 15 is 0 Å². The van der Waals surface area contributed by atoms with Gasteiger partial charge >= 0.3 is 5.97 Å². The van der Waals surface area contributed by atoms with Gasteiger partial charge in [0.2, 0.25) is 11.8 Å². The van der Waals surface area contributed by atoms with Gasteiger partial charge in [0.25, 0.3) is 0 Å². The van der Waals surface area contributed by atoms with Crippen LogP contribution < -0.4 is 10.6 Å². The molecule has 2 fully saturated rings. The molecule has 0 aromatic heterocycles. The molecule has 2 rings (SSSR count). The third-order valence-electron chi connectivity index (χ3n) is 6.91. The molecule has 0 spiro atoms. The number of ether oxygens (including phenoxy) is 1. The number of piperazine rings is 1. The fraction of sp³-hybridized carbons (Fsp3) is 0.846. The van der Waals surface area contributed by atoms with E-state index in [1.54, 1.807) is 4.90 Å². The predicted octanol–water partition coefficient (Wildman–Crippen LogP) is 4.62. The van der Waals surface area contributed by atoms with E-state index < -0.39 is 12.0 Å². The third-order valence-corrected chi connectivity index (χ3v) is 7.24. The van der Waals surface area contributed by atoms with Gasteiger partial charge in [-0.2, -0.15) is 0 Å². The number of amides is 2. The Bertz CT molecular complexity index is 652. The lowest BCUT2D eigenvalue weighted by atomic mass is 10.0. The second-order valence-corrected chi connectivity index (χ2v) is 10.2. The molecule has 194 valence electrons. The number of nitrogens with zero attached hydrogens (tertiary/aromatic N) is 1. The second kappa shape index (κ2) is 16.8. The molecule has 1 heterocycles. The molecule has 2 aliphatic rings. The van der Waals surface area contributed by atoms with Gasteiger partial charge in [0.1, 0.15) is 6.04 Å². The van der Waals surface area contributed by atoms with E-state index in [1.807, 2.05) is 0 Å². The first kappa shape index (κ1) is 28.5. The molecule has 34 heavy (non-hydrogen) atoms. The number of rotatable bonds is 15. The zero-order chi connectivity index (χ0) is 24.6. The van der Waals surface area contributed by atoms with Gasteiger partial charge in [-0.15, -0.1) is 0 Å². The molecule has 1 unspecified atom stereocenters. The summed E-state index contributed by atoms with van der Waals surface area (Å²) >= 11 is 5.42. The Morgan fingerprint density at radius 3 is 2.26 bits per heavy atom. The Labute approximate surface area is 211 Å². The van der Waals surface area contributed by atoms with Gasteiger partial charge in [0, 0.05) is 19.5 Å². The largest absolute Gasteiger partial charge is 0.466 e. The van der Waals surface area contributed by atoms with Gasteiger partial charge in [0.15, 0.2) is 5.11 Å². The summed E-state index contributed by atoms with van der Waals surface area (Å²) in [5.41, 5.74) is 0. The van der Waals surface area contributed by atoms with Crippen molar-refractivity contribution < 1.29 is 19.1 Å². The minimum Gasteiger partial charge on any atom is -0.466 e. The van der Waals surface area contributed by atoms with Crippen LogP contribution in [0.2, 0.25) is 0 Å².